The molecule has 0 aromatic heterocycles. The SMILES string of the molecule is CC(N)C(C)C(=O)NCC1(c2cccc(Br)c2)CCC1.Cl. The molecule has 1 saturated carbocycles. The molecule has 21 heavy (non-hydrogen) atoms. The van der Waals surface area contributed by atoms with Gasteiger partial charge in [-0.25, -0.2) is 0 Å². The van der Waals surface area contributed by atoms with E-state index in [9.17, 15) is 4.79 Å². The molecule has 0 aliphatic heterocycles. The molecule has 0 saturated heterocycles. The minimum absolute atomic E-state index is 0. The Morgan fingerprint density at radius 3 is 2.57 bits per heavy atom. The highest BCUT2D eigenvalue weighted by atomic mass is 79.9. The Morgan fingerprint density at radius 2 is 2.10 bits per heavy atom. The van der Waals surface area contributed by atoms with Crippen molar-refractivity contribution in [1.29, 1.82) is 0 Å². The Kier molecular flexibility index (Phi) is 6.70. The number of nitrogens with two attached hydrogens (primary N) is 1. The number of carbonyl (C=O) groups is 1. The lowest BCUT2D eigenvalue weighted by Gasteiger charge is -2.43. The fourth-order valence-electron chi connectivity index (χ4n) is 2.65. The molecule has 1 aliphatic carbocycles. The Morgan fingerprint density at radius 1 is 1.43 bits per heavy atom. The van der Waals surface area contributed by atoms with Gasteiger partial charge in [0.05, 0.1) is 0 Å². The van der Waals surface area contributed by atoms with Crippen molar-refractivity contribution in [2.75, 3.05) is 6.54 Å². The van der Waals surface area contributed by atoms with Crippen molar-refractivity contribution in [2.24, 2.45) is 11.7 Å². The number of benzene rings is 1. The third-order valence-electron chi connectivity index (χ3n) is 4.55. The molecule has 0 radical (unpaired) electrons. The smallest absolute Gasteiger partial charge is 0.224 e. The standard InChI is InChI=1S/C16H23BrN2O.ClH/c1-11(12(2)18)15(20)19-10-16(7-4-8-16)13-5-3-6-14(17)9-13;/h3,5-6,9,11-12H,4,7-8,10,18H2,1-2H3,(H,19,20);1H. The summed E-state index contributed by atoms with van der Waals surface area (Å²) in [6.45, 7) is 4.46. The van der Waals surface area contributed by atoms with Crippen molar-refractivity contribution >= 4 is 34.2 Å². The van der Waals surface area contributed by atoms with Crippen LogP contribution in [0, 0.1) is 5.92 Å². The van der Waals surface area contributed by atoms with Gasteiger partial charge in [-0.3, -0.25) is 4.79 Å². The quantitative estimate of drug-likeness (QED) is 0.829. The second-order valence-electron chi connectivity index (χ2n) is 6.01. The minimum atomic E-state index is -0.144. The van der Waals surface area contributed by atoms with E-state index < -0.39 is 0 Å². The lowest BCUT2D eigenvalue weighted by molar-refractivity contribution is -0.125. The maximum atomic E-state index is 12.1. The largest absolute Gasteiger partial charge is 0.355 e. The highest BCUT2D eigenvalue weighted by molar-refractivity contribution is 9.10. The Hall–Kier alpha value is -0.580. The lowest BCUT2D eigenvalue weighted by atomic mass is 9.64. The van der Waals surface area contributed by atoms with Crippen LogP contribution in [0.1, 0.15) is 38.7 Å². The number of rotatable bonds is 5. The molecule has 1 amide bonds. The van der Waals surface area contributed by atoms with E-state index in [-0.39, 0.29) is 35.7 Å². The van der Waals surface area contributed by atoms with Crippen LogP contribution in [0.3, 0.4) is 0 Å². The topological polar surface area (TPSA) is 55.1 Å². The Bertz CT molecular complexity index is 489. The summed E-state index contributed by atoms with van der Waals surface area (Å²) in [5.41, 5.74) is 7.21. The predicted octanol–water partition coefficient (Wildman–Crippen LogP) is 3.39. The van der Waals surface area contributed by atoms with Gasteiger partial charge in [0, 0.05) is 28.4 Å². The lowest BCUT2D eigenvalue weighted by Crippen LogP contribution is -2.48. The van der Waals surface area contributed by atoms with Crippen LogP contribution in [0.15, 0.2) is 28.7 Å². The van der Waals surface area contributed by atoms with E-state index >= 15 is 0 Å². The Balaban J connectivity index is 0.00000220. The van der Waals surface area contributed by atoms with Gasteiger partial charge in [-0.2, -0.15) is 0 Å². The summed E-state index contributed by atoms with van der Waals surface area (Å²) < 4.78 is 1.09. The van der Waals surface area contributed by atoms with Crippen LogP contribution < -0.4 is 11.1 Å². The summed E-state index contributed by atoms with van der Waals surface area (Å²) in [7, 11) is 0. The first-order valence-electron chi connectivity index (χ1n) is 7.24. The van der Waals surface area contributed by atoms with Crippen LogP contribution in [0.2, 0.25) is 0 Å². The van der Waals surface area contributed by atoms with Gasteiger partial charge in [0.1, 0.15) is 0 Å². The number of hydrogen-bond donors (Lipinski definition) is 2. The molecule has 0 heterocycles. The number of carbonyl (C=O) groups excluding carboxylic acids is 1. The number of halogens is 2. The molecule has 1 aromatic rings. The van der Waals surface area contributed by atoms with E-state index in [0.29, 0.717) is 6.54 Å². The van der Waals surface area contributed by atoms with Crippen LogP contribution in [0.25, 0.3) is 0 Å². The number of hydrogen-bond acceptors (Lipinski definition) is 2. The maximum Gasteiger partial charge on any atom is 0.224 e. The van der Waals surface area contributed by atoms with Crippen molar-refractivity contribution in [3.8, 4) is 0 Å². The van der Waals surface area contributed by atoms with E-state index in [0.717, 1.165) is 17.3 Å². The number of amides is 1. The zero-order valence-corrected chi connectivity index (χ0v) is 15.0. The highest BCUT2D eigenvalue weighted by Crippen LogP contribution is 2.43. The first kappa shape index (κ1) is 18.5. The molecular formula is C16H24BrClN2O. The molecule has 2 atom stereocenters. The molecular weight excluding hydrogens is 352 g/mol. The summed E-state index contributed by atoms with van der Waals surface area (Å²) in [6.07, 6.45) is 3.50. The van der Waals surface area contributed by atoms with E-state index in [2.05, 4.69) is 39.4 Å². The van der Waals surface area contributed by atoms with Crippen molar-refractivity contribution in [3.05, 3.63) is 34.3 Å². The van der Waals surface area contributed by atoms with Gasteiger partial charge in [0.25, 0.3) is 0 Å². The summed E-state index contributed by atoms with van der Waals surface area (Å²) in [6, 6.07) is 8.31. The summed E-state index contributed by atoms with van der Waals surface area (Å²) in [5, 5.41) is 3.09. The third-order valence-corrected chi connectivity index (χ3v) is 5.04. The first-order valence-corrected chi connectivity index (χ1v) is 8.03. The predicted molar refractivity (Wildman–Crippen MR) is 92.7 cm³/mol. The molecule has 1 aromatic carbocycles. The molecule has 5 heteroatoms. The van der Waals surface area contributed by atoms with Gasteiger partial charge in [0.2, 0.25) is 5.91 Å². The van der Waals surface area contributed by atoms with E-state index in [4.69, 9.17) is 5.73 Å². The normalized spacial score (nSPS) is 18.9. The molecule has 3 nitrogen and oxygen atoms in total. The molecule has 118 valence electrons. The van der Waals surface area contributed by atoms with Crippen LogP contribution in [-0.4, -0.2) is 18.5 Å². The van der Waals surface area contributed by atoms with Gasteiger partial charge in [-0.1, -0.05) is 41.4 Å². The van der Waals surface area contributed by atoms with Crippen LogP contribution >= 0.6 is 28.3 Å². The van der Waals surface area contributed by atoms with Gasteiger partial charge < -0.3 is 11.1 Å². The molecule has 2 rings (SSSR count). The maximum absolute atomic E-state index is 12.1. The monoisotopic (exact) mass is 374 g/mol. The Labute approximate surface area is 141 Å². The zero-order valence-electron chi connectivity index (χ0n) is 12.6. The van der Waals surface area contributed by atoms with E-state index in [1.807, 2.05) is 19.9 Å². The van der Waals surface area contributed by atoms with E-state index in [1.54, 1.807) is 0 Å². The van der Waals surface area contributed by atoms with Crippen LogP contribution in [0.4, 0.5) is 0 Å². The van der Waals surface area contributed by atoms with Gasteiger partial charge in [-0.15, -0.1) is 12.4 Å². The minimum Gasteiger partial charge on any atom is -0.355 e. The average Bonchev–Trinajstić information content (AvgIpc) is 2.36. The summed E-state index contributed by atoms with van der Waals surface area (Å²) in [5.74, 6) is -0.0871. The molecule has 1 aliphatic rings. The van der Waals surface area contributed by atoms with Crippen molar-refractivity contribution in [1.82, 2.24) is 5.32 Å². The molecule has 2 unspecified atom stereocenters. The fraction of sp³-hybridized carbons (Fsp3) is 0.562. The van der Waals surface area contributed by atoms with Crippen LogP contribution in [-0.2, 0) is 10.2 Å². The zero-order chi connectivity index (χ0) is 14.8. The first-order chi connectivity index (χ1) is 9.44. The molecule has 1 fully saturated rings. The summed E-state index contributed by atoms with van der Waals surface area (Å²) >= 11 is 3.53. The van der Waals surface area contributed by atoms with E-state index in [1.165, 1.54) is 12.0 Å². The van der Waals surface area contributed by atoms with Gasteiger partial charge in [0.15, 0.2) is 0 Å². The molecule has 0 spiro atoms. The average molecular weight is 376 g/mol. The van der Waals surface area contributed by atoms with Gasteiger partial charge >= 0.3 is 0 Å². The van der Waals surface area contributed by atoms with Crippen molar-refractivity contribution in [3.63, 3.8) is 0 Å². The molecule has 3 N–H and O–H groups in total. The second kappa shape index (κ2) is 7.61. The van der Waals surface area contributed by atoms with Crippen molar-refractivity contribution < 1.29 is 4.79 Å². The number of nitrogens with one attached hydrogen (secondary N) is 1. The van der Waals surface area contributed by atoms with Crippen LogP contribution in [0.5, 0.6) is 0 Å². The third kappa shape index (κ3) is 4.21. The second-order valence-corrected chi connectivity index (χ2v) is 6.93. The fourth-order valence-corrected chi connectivity index (χ4v) is 3.04. The molecule has 0 bridgehead atoms. The van der Waals surface area contributed by atoms with Gasteiger partial charge in [-0.05, 0) is 37.5 Å². The summed E-state index contributed by atoms with van der Waals surface area (Å²) in [4.78, 5) is 12.1. The van der Waals surface area contributed by atoms with Crippen molar-refractivity contribution in [2.45, 2.75) is 44.6 Å². The highest BCUT2D eigenvalue weighted by Gasteiger charge is 2.39.